The number of anilines is 2. The molecule has 0 aliphatic carbocycles. The molecule has 0 radical (unpaired) electrons. The van der Waals surface area contributed by atoms with Gasteiger partial charge in [0.05, 0.1) is 12.3 Å². The molecular formula is C18H18N2O3S. The van der Waals surface area contributed by atoms with Crippen molar-refractivity contribution in [1.29, 1.82) is 0 Å². The van der Waals surface area contributed by atoms with Crippen molar-refractivity contribution in [2.45, 2.75) is 23.2 Å². The van der Waals surface area contributed by atoms with Gasteiger partial charge in [-0.05, 0) is 36.8 Å². The van der Waals surface area contributed by atoms with E-state index in [0.717, 1.165) is 16.1 Å². The Labute approximate surface area is 144 Å². The zero-order valence-electron chi connectivity index (χ0n) is 13.5. The molecule has 1 aliphatic heterocycles. The third kappa shape index (κ3) is 3.16. The van der Waals surface area contributed by atoms with E-state index < -0.39 is 4.75 Å². The van der Waals surface area contributed by atoms with Gasteiger partial charge in [0.25, 0.3) is 0 Å². The topological polar surface area (TPSA) is 67.4 Å². The second-order valence-corrected chi connectivity index (χ2v) is 7.13. The molecule has 6 heteroatoms. The highest BCUT2D eigenvalue weighted by atomic mass is 32.2. The maximum absolute atomic E-state index is 12.8. The quantitative estimate of drug-likeness (QED) is 0.837. The standard InChI is InChI=1S/C18H18N2O3S/c1-18(17(22)20-14-8-3-4-9-15(14)24-18)16(21)19-13-7-5-6-12(10-13)11-23-2/h3-10H,11H2,1-2H3,(H,19,21)(H,20,22). The van der Waals surface area contributed by atoms with Crippen LogP contribution in [-0.4, -0.2) is 23.7 Å². The van der Waals surface area contributed by atoms with Gasteiger partial charge in [0.15, 0.2) is 4.75 Å². The SMILES string of the molecule is COCc1cccc(NC(=O)C2(C)Sc3ccccc3NC2=O)c1. The van der Waals surface area contributed by atoms with E-state index in [-0.39, 0.29) is 11.8 Å². The largest absolute Gasteiger partial charge is 0.380 e. The second kappa shape index (κ2) is 6.67. The predicted octanol–water partition coefficient (Wildman–Crippen LogP) is 3.27. The van der Waals surface area contributed by atoms with Crippen molar-refractivity contribution in [2.75, 3.05) is 17.7 Å². The summed E-state index contributed by atoms with van der Waals surface area (Å²) in [5, 5.41) is 5.64. The fraction of sp³-hybridized carbons (Fsp3) is 0.222. The molecule has 0 saturated carbocycles. The molecule has 24 heavy (non-hydrogen) atoms. The smallest absolute Gasteiger partial charge is 0.250 e. The average Bonchev–Trinajstić information content (AvgIpc) is 2.56. The van der Waals surface area contributed by atoms with Crippen molar-refractivity contribution in [3.05, 3.63) is 54.1 Å². The van der Waals surface area contributed by atoms with E-state index in [1.165, 1.54) is 11.8 Å². The Bertz CT molecular complexity index is 793. The fourth-order valence-electron chi connectivity index (χ4n) is 2.47. The van der Waals surface area contributed by atoms with Gasteiger partial charge in [-0.25, -0.2) is 0 Å². The number of carbonyl (C=O) groups is 2. The van der Waals surface area contributed by atoms with Crippen LogP contribution >= 0.6 is 11.8 Å². The van der Waals surface area contributed by atoms with Crippen molar-refractivity contribution in [3.63, 3.8) is 0 Å². The van der Waals surface area contributed by atoms with Crippen LogP contribution in [0, 0.1) is 0 Å². The van der Waals surface area contributed by atoms with Gasteiger partial charge in [-0.2, -0.15) is 0 Å². The van der Waals surface area contributed by atoms with Crippen LogP contribution in [0.3, 0.4) is 0 Å². The summed E-state index contributed by atoms with van der Waals surface area (Å²) in [6, 6.07) is 14.8. The summed E-state index contributed by atoms with van der Waals surface area (Å²) in [5.41, 5.74) is 2.33. The Morgan fingerprint density at radius 3 is 2.83 bits per heavy atom. The maximum atomic E-state index is 12.8. The van der Waals surface area contributed by atoms with Crippen LogP contribution in [0.25, 0.3) is 0 Å². The number of ether oxygens (including phenoxy) is 1. The van der Waals surface area contributed by atoms with E-state index in [0.29, 0.717) is 12.3 Å². The summed E-state index contributed by atoms with van der Waals surface area (Å²) >= 11 is 1.26. The Morgan fingerprint density at radius 1 is 1.25 bits per heavy atom. The number of rotatable bonds is 4. The molecule has 0 aromatic heterocycles. The Kier molecular flexibility index (Phi) is 4.59. The summed E-state index contributed by atoms with van der Waals surface area (Å²) in [6.45, 7) is 2.10. The molecule has 1 aliphatic rings. The van der Waals surface area contributed by atoms with E-state index in [9.17, 15) is 9.59 Å². The minimum Gasteiger partial charge on any atom is -0.380 e. The number of carbonyl (C=O) groups excluding carboxylic acids is 2. The monoisotopic (exact) mass is 342 g/mol. The van der Waals surface area contributed by atoms with Crippen molar-refractivity contribution in [1.82, 2.24) is 0 Å². The molecule has 0 spiro atoms. The van der Waals surface area contributed by atoms with Crippen LogP contribution in [0.5, 0.6) is 0 Å². The molecule has 2 aromatic rings. The predicted molar refractivity (Wildman–Crippen MR) is 95.1 cm³/mol. The van der Waals surface area contributed by atoms with Gasteiger partial charge >= 0.3 is 0 Å². The molecule has 0 saturated heterocycles. The number of hydrogen-bond acceptors (Lipinski definition) is 4. The zero-order chi connectivity index (χ0) is 17.2. The third-order valence-corrected chi connectivity index (χ3v) is 5.17. The van der Waals surface area contributed by atoms with E-state index in [1.54, 1.807) is 20.1 Å². The van der Waals surface area contributed by atoms with Crippen LogP contribution in [-0.2, 0) is 20.9 Å². The Balaban J connectivity index is 1.81. The number of benzene rings is 2. The van der Waals surface area contributed by atoms with Gasteiger partial charge in [0.2, 0.25) is 11.8 Å². The lowest BCUT2D eigenvalue weighted by Crippen LogP contribution is -2.49. The van der Waals surface area contributed by atoms with E-state index in [4.69, 9.17) is 4.74 Å². The van der Waals surface area contributed by atoms with Gasteiger partial charge < -0.3 is 15.4 Å². The number of para-hydroxylation sites is 1. The molecule has 2 aromatic carbocycles. The van der Waals surface area contributed by atoms with E-state index >= 15 is 0 Å². The summed E-state index contributed by atoms with van der Waals surface area (Å²) in [6.07, 6.45) is 0. The van der Waals surface area contributed by atoms with Crippen LogP contribution in [0.15, 0.2) is 53.4 Å². The minimum atomic E-state index is -1.23. The lowest BCUT2D eigenvalue weighted by molar-refractivity contribution is -0.126. The maximum Gasteiger partial charge on any atom is 0.250 e. The molecule has 0 bridgehead atoms. The van der Waals surface area contributed by atoms with Gasteiger partial charge in [-0.15, -0.1) is 0 Å². The highest BCUT2D eigenvalue weighted by molar-refractivity contribution is 8.02. The summed E-state index contributed by atoms with van der Waals surface area (Å²) in [5.74, 6) is -0.675. The summed E-state index contributed by atoms with van der Waals surface area (Å²) in [4.78, 5) is 26.1. The molecule has 1 atom stereocenters. The lowest BCUT2D eigenvalue weighted by Gasteiger charge is -2.31. The average molecular weight is 342 g/mol. The molecule has 5 nitrogen and oxygen atoms in total. The molecule has 124 valence electrons. The fourth-order valence-corrected chi connectivity index (χ4v) is 3.58. The second-order valence-electron chi connectivity index (χ2n) is 5.67. The first-order valence-electron chi connectivity index (χ1n) is 7.52. The summed E-state index contributed by atoms with van der Waals surface area (Å²) in [7, 11) is 1.62. The molecular weight excluding hydrogens is 324 g/mol. The number of thioether (sulfide) groups is 1. The lowest BCUT2D eigenvalue weighted by atomic mass is 10.1. The molecule has 3 rings (SSSR count). The number of amides is 2. The van der Waals surface area contributed by atoms with Crippen LogP contribution in [0.1, 0.15) is 12.5 Å². The Hall–Kier alpha value is -2.31. The number of methoxy groups -OCH3 is 1. The van der Waals surface area contributed by atoms with Crippen LogP contribution in [0.4, 0.5) is 11.4 Å². The van der Waals surface area contributed by atoms with Crippen molar-refractivity contribution in [2.24, 2.45) is 0 Å². The molecule has 1 unspecified atom stereocenters. The van der Waals surface area contributed by atoms with Gasteiger partial charge in [0, 0.05) is 17.7 Å². The van der Waals surface area contributed by atoms with Gasteiger partial charge in [0.1, 0.15) is 0 Å². The molecule has 2 N–H and O–H groups in total. The normalized spacial score (nSPS) is 19.3. The highest BCUT2D eigenvalue weighted by Crippen LogP contribution is 2.42. The number of hydrogen-bond donors (Lipinski definition) is 2. The third-order valence-electron chi connectivity index (χ3n) is 3.81. The van der Waals surface area contributed by atoms with Crippen LogP contribution in [0.2, 0.25) is 0 Å². The first kappa shape index (κ1) is 16.5. The summed E-state index contributed by atoms with van der Waals surface area (Å²) < 4.78 is 3.87. The number of fused-ring (bicyclic) bond motifs is 1. The van der Waals surface area contributed by atoms with Crippen LogP contribution < -0.4 is 10.6 Å². The highest BCUT2D eigenvalue weighted by Gasteiger charge is 2.45. The van der Waals surface area contributed by atoms with Crippen molar-refractivity contribution >= 4 is 35.0 Å². The van der Waals surface area contributed by atoms with E-state index in [2.05, 4.69) is 10.6 Å². The van der Waals surface area contributed by atoms with Gasteiger partial charge in [-0.1, -0.05) is 36.0 Å². The van der Waals surface area contributed by atoms with Gasteiger partial charge in [-0.3, -0.25) is 9.59 Å². The van der Waals surface area contributed by atoms with E-state index in [1.807, 2.05) is 42.5 Å². The first-order chi connectivity index (χ1) is 11.5. The molecule has 1 heterocycles. The Morgan fingerprint density at radius 2 is 2.04 bits per heavy atom. The molecule has 2 amide bonds. The molecule has 0 fully saturated rings. The minimum absolute atomic E-state index is 0.322. The number of nitrogens with one attached hydrogen (secondary N) is 2. The van der Waals surface area contributed by atoms with Crippen molar-refractivity contribution in [3.8, 4) is 0 Å². The van der Waals surface area contributed by atoms with Crippen molar-refractivity contribution < 1.29 is 14.3 Å². The first-order valence-corrected chi connectivity index (χ1v) is 8.33. The zero-order valence-corrected chi connectivity index (χ0v) is 14.3.